The number of primary amides is 1. The molecular weight excluding hydrogens is 374 g/mol. The quantitative estimate of drug-likeness (QED) is 0.829. The molecule has 0 bridgehead atoms. The maximum absolute atomic E-state index is 12.9. The van der Waals surface area contributed by atoms with E-state index in [0.29, 0.717) is 13.2 Å². The summed E-state index contributed by atoms with van der Waals surface area (Å²) in [5.74, 6) is -0.540. The number of carbonyl (C=O) groups excluding carboxylic acids is 2. The van der Waals surface area contributed by atoms with E-state index in [9.17, 15) is 9.59 Å². The van der Waals surface area contributed by atoms with Crippen LogP contribution < -0.4 is 11.1 Å². The smallest absolute Gasteiger partial charge is 0.318 e. The van der Waals surface area contributed by atoms with Crippen molar-refractivity contribution in [2.45, 2.75) is 37.8 Å². The van der Waals surface area contributed by atoms with Crippen molar-refractivity contribution in [3.63, 3.8) is 0 Å². The summed E-state index contributed by atoms with van der Waals surface area (Å²) >= 11 is 1.63. The molecule has 2 heterocycles. The second-order valence-electron chi connectivity index (χ2n) is 7.34. The largest absolute Gasteiger partial charge is 0.367 e. The molecule has 0 radical (unpaired) electrons. The second-order valence-corrected chi connectivity index (χ2v) is 8.32. The fourth-order valence-electron chi connectivity index (χ4n) is 3.93. The maximum Gasteiger partial charge on any atom is 0.318 e. The van der Waals surface area contributed by atoms with Crippen molar-refractivity contribution in [3.05, 3.63) is 57.3 Å². The Kier molecular flexibility index (Phi) is 5.64. The maximum atomic E-state index is 12.9. The minimum Gasteiger partial charge on any atom is -0.367 e. The average Bonchev–Trinajstić information content (AvgIpc) is 3.26. The van der Waals surface area contributed by atoms with Gasteiger partial charge in [0.1, 0.15) is 0 Å². The van der Waals surface area contributed by atoms with E-state index >= 15 is 0 Å². The van der Waals surface area contributed by atoms with Gasteiger partial charge < -0.3 is 20.7 Å². The molecular formula is C21H25N3O3S. The number of urea groups is 1. The SMILES string of the molecule is NC(=O)[C@@H]1CN(C(=O)N[C@@H](c2ccc3c(c2)CCCC3)c2cccs2)CCO1. The van der Waals surface area contributed by atoms with Gasteiger partial charge in [0.25, 0.3) is 0 Å². The third-order valence-corrected chi connectivity index (χ3v) is 6.41. The zero-order valence-electron chi connectivity index (χ0n) is 15.7. The number of morpholine rings is 1. The lowest BCUT2D eigenvalue weighted by Crippen LogP contribution is -2.53. The summed E-state index contributed by atoms with van der Waals surface area (Å²) in [5.41, 5.74) is 9.25. The fraction of sp³-hybridized carbons (Fsp3) is 0.429. The van der Waals surface area contributed by atoms with E-state index < -0.39 is 12.0 Å². The molecule has 6 nitrogen and oxygen atoms in total. The van der Waals surface area contributed by atoms with Gasteiger partial charge in [0.05, 0.1) is 19.2 Å². The molecule has 2 aliphatic rings. The van der Waals surface area contributed by atoms with Crippen LogP contribution in [0.3, 0.4) is 0 Å². The van der Waals surface area contributed by atoms with Gasteiger partial charge in [-0.3, -0.25) is 4.79 Å². The normalized spacial score (nSPS) is 20.3. The van der Waals surface area contributed by atoms with E-state index in [1.54, 1.807) is 16.2 Å². The molecule has 28 heavy (non-hydrogen) atoms. The number of nitrogens with two attached hydrogens (primary N) is 1. The molecule has 1 aromatic heterocycles. The predicted molar refractivity (Wildman–Crippen MR) is 108 cm³/mol. The van der Waals surface area contributed by atoms with Crippen LogP contribution in [-0.4, -0.2) is 42.6 Å². The Labute approximate surface area is 168 Å². The molecule has 1 fully saturated rings. The summed E-state index contributed by atoms with van der Waals surface area (Å²) in [7, 11) is 0. The highest BCUT2D eigenvalue weighted by Crippen LogP contribution is 2.30. The van der Waals surface area contributed by atoms with E-state index in [-0.39, 0.29) is 18.6 Å². The highest BCUT2D eigenvalue weighted by Gasteiger charge is 2.29. The van der Waals surface area contributed by atoms with Crippen molar-refractivity contribution in [1.29, 1.82) is 0 Å². The van der Waals surface area contributed by atoms with Gasteiger partial charge in [0.2, 0.25) is 5.91 Å². The van der Waals surface area contributed by atoms with E-state index in [2.05, 4.69) is 23.5 Å². The van der Waals surface area contributed by atoms with Crippen molar-refractivity contribution >= 4 is 23.3 Å². The third-order valence-electron chi connectivity index (χ3n) is 5.47. The summed E-state index contributed by atoms with van der Waals surface area (Å²) in [6.07, 6.45) is 3.94. The standard InChI is InChI=1S/C21H25N3O3S/c22-20(25)17-13-24(9-10-27-17)21(26)23-19(18-6-3-11-28-18)16-8-7-14-4-1-2-5-15(14)12-16/h3,6-8,11-12,17,19H,1-2,4-5,9-10,13H2,(H2,22,25)(H,23,26)/t17-,19-/m0/s1. The number of aryl methyl sites for hydroxylation is 2. The lowest BCUT2D eigenvalue weighted by atomic mass is 9.89. The van der Waals surface area contributed by atoms with Crippen LogP contribution in [0.2, 0.25) is 0 Å². The van der Waals surface area contributed by atoms with Gasteiger partial charge in [-0.1, -0.05) is 24.3 Å². The molecule has 0 spiro atoms. The summed E-state index contributed by atoms with van der Waals surface area (Å²) in [6, 6.07) is 10.2. The van der Waals surface area contributed by atoms with Crippen molar-refractivity contribution in [2.24, 2.45) is 5.73 Å². The van der Waals surface area contributed by atoms with Crippen molar-refractivity contribution in [1.82, 2.24) is 10.2 Å². The van der Waals surface area contributed by atoms with E-state index in [1.165, 1.54) is 24.0 Å². The number of nitrogens with zero attached hydrogens (tertiary/aromatic N) is 1. The van der Waals surface area contributed by atoms with Gasteiger partial charge in [-0.05, 0) is 53.8 Å². The first-order valence-electron chi connectivity index (χ1n) is 9.73. The molecule has 1 aliphatic carbocycles. The molecule has 3 N–H and O–H groups in total. The van der Waals surface area contributed by atoms with E-state index in [0.717, 1.165) is 23.3 Å². The van der Waals surface area contributed by atoms with Gasteiger partial charge in [0.15, 0.2) is 6.10 Å². The van der Waals surface area contributed by atoms with Crippen molar-refractivity contribution in [3.8, 4) is 0 Å². The minimum atomic E-state index is -0.747. The first kappa shape index (κ1) is 19.0. The van der Waals surface area contributed by atoms with Crippen LogP contribution in [0.15, 0.2) is 35.7 Å². The summed E-state index contributed by atoms with van der Waals surface area (Å²) in [6.45, 7) is 0.934. The van der Waals surface area contributed by atoms with Gasteiger partial charge >= 0.3 is 6.03 Å². The Bertz CT molecular complexity index is 853. The first-order chi connectivity index (χ1) is 13.6. The minimum absolute atomic E-state index is 0.183. The molecule has 0 unspecified atom stereocenters. The molecule has 1 aromatic carbocycles. The van der Waals surface area contributed by atoms with Gasteiger partial charge in [-0.15, -0.1) is 11.3 Å². The highest BCUT2D eigenvalue weighted by atomic mass is 32.1. The van der Waals surface area contributed by atoms with Gasteiger partial charge in [-0.2, -0.15) is 0 Å². The van der Waals surface area contributed by atoms with Gasteiger partial charge in [-0.25, -0.2) is 4.79 Å². The van der Waals surface area contributed by atoms with Gasteiger partial charge in [0, 0.05) is 11.4 Å². The van der Waals surface area contributed by atoms with Crippen molar-refractivity contribution < 1.29 is 14.3 Å². The topological polar surface area (TPSA) is 84.7 Å². The number of ether oxygens (including phenoxy) is 1. The number of hydrogen-bond donors (Lipinski definition) is 2. The summed E-state index contributed by atoms with van der Waals surface area (Å²) in [5, 5.41) is 5.18. The Balaban J connectivity index is 1.56. The first-order valence-corrected chi connectivity index (χ1v) is 10.6. The van der Waals surface area contributed by atoms with E-state index in [1.807, 2.05) is 17.5 Å². The Morgan fingerprint density at radius 1 is 1.21 bits per heavy atom. The van der Waals surface area contributed by atoms with Crippen LogP contribution in [0.1, 0.15) is 40.5 Å². The molecule has 1 aliphatic heterocycles. The monoisotopic (exact) mass is 399 g/mol. The zero-order valence-corrected chi connectivity index (χ0v) is 16.5. The molecule has 4 rings (SSSR count). The molecule has 2 aromatic rings. The molecule has 0 saturated carbocycles. The number of benzene rings is 1. The number of amides is 3. The molecule has 7 heteroatoms. The van der Waals surface area contributed by atoms with Crippen LogP contribution >= 0.6 is 11.3 Å². The van der Waals surface area contributed by atoms with Crippen LogP contribution in [0.5, 0.6) is 0 Å². The second kappa shape index (κ2) is 8.32. The lowest BCUT2D eigenvalue weighted by Gasteiger charge is -2.33. The fourth-order valence-corrected chi connectivity index (χ4v) is 4.73. The highest BCUT2D eigenvalue weighted by molar-refractivity contribution is 7.10. The van der Waals surface area contributed by atoms with Crippen LogP contribution in [0.4, 0.5) is 4.79 Å². The zero-order chi connectivity index (χ0) is 19.5. The Hall–Kier alpha value is -2.38. The number of nitrogens with one attached hydrogen (secondary N) is 1. The Morgan fingerprint density at radius 2 is 2.04 bits per heavy atom. The molecule has 1 saturated heterocycles. The van der Waals surface area contributed by atoms with Crippen LogP contribution in [0.25, 0.3) is 0 Å². The number of fused-ring (bicyclic) bond motifs is 1. The summed E-state index contributed by atoms with van der Waals surface area (Å²) < 4.78 is 5.35. The molecule has 148 valence electrons. The van der Waals surface area contributed by atoms with Crippen LogP contribution in [-0.2, 0) is 22.4 Å². The Morgan fingerprint density at radius 3 is 2.79 bits per heavy atom. The van der Waals surface area contributed by atoms with E-state index in [4.69, 9.17) is 10.5 Å². The average molecular weight is 400 g/mol. The number of carbonyl (C=O) groups is 2. The number of rotatable bonds is 4. The summed E-state index contributed by atoms with van der Waals surface area (Å²) in [4.78, 5) is 27.1. The number of thiophene rings is 1. The molecule has 2 atom stereocenters. The lowest BCUT2D eigenvalue weighted by molar-refractivity contribution is -0.133. The predicted octanol–water partition coefficient (Wildman–Crippen LogP) is 2.61. The third kappa shape index (κ3) is 4.05. The molecule has 3 amide bonds. The van der Waals surface area contributed by atoms with Crippen molar-refractivity contribution in [2.75, 3.05) is 19.7 Å². The van der Waals surface area contributed by atoms with Crippen LogP contribution in [0, 0.1) is 0 Å². The number of hydrogen-bond acceptors (Lipinski definition) is 4.